The number of alkyl carbamates (subject to hydrolysis) is 1. The Morgan fingerprint density at radius 2 is 1.92 bits per heavy atom. The highest BCUT2D eigenvalue weighted by Crippen LogP contribution is 2.28. The number of hydrogen-bond acceptors (Lipinski definition) is 5. The first-order valence-corrected chi connectivity index (χ1v) is 6.78. The van der Waals surface area contributed by atoms with Crippen LogP contribution >= 0.6 is 0 Å². The highest BCUT2D eigenvalue weighted by atomic mass is 19.4. The standard InChI is InChI=1S/C14H17F3N2O5/c1-13(2,3)24-12(22)18-8(11(20)21)7-23-10-6-4-5-9(19-10)14(15,16)17/h4-6,8H,7H2,1-3H3,(H,18,22)(H,20,21)/t8-/m1/s1. The lowest BCUT2D eigenvalue weighted by atomic mass is 10.2. The number of nitrogens with zero attached hydrogens (tertiary/aromatic N) is 1. The Labute approximate surface area is 135 Å². The van der Waals surface area contributed by atoms with E-state index in [9.17, 15) is 22.8 Å². The largest absolute Gasteiger partial charge is 0.480 e. The van der Waals surface area contributed by atoms with Crippen LogP contribution in [-0.4, -0.2) is 40.4 Å². The van der Waals surface area contributed by atoms with Crippen LogP contribution in [0.4, 0.5) is 18.0 Å². The number of ether oxygens (including phenoxy) is 2. The first-order valence-electron chi connectivity index (χ1n) is 6.78. The third kappa shape index (κ3) is 6.71. The quantitative estimate of drug-likeness (QED) is 0.847. The lowest BCUT2D eigenvalue weighted by Gasteiger charge is -2.22. The van der Waals surface area contributed by atoms with Gasteiger partial charge in [0.2, 0.25) is 5.88 Å². The molecule has 1 heterocycles. The molecule has 1 atom stereocenters. The smallest absolute Gasteiger partial charge is 0.433 e. The van der Waals surface area contributed by atoms with Gasteiger partial charge in [-0.25, -0.2) is 14.6 Å². The molecule has 0 aromatic carbocycles. The van der Waals surface area contributed by atoms with Gasteiger partial charge >= 0.3 is 18.2 Å². The molecule has 1 aromatic heterocycles. The number of carbonyl (C=O) groups is 2. The summed E-state index contributed by atoms with van der Waals surface area (Å²) in [6.45, 7) is 4.14. The molecular weight excluding hydrogens is 333 g/mol. The predicted octanol–water partition coefficient (Wildman–Crippen LogP) is 2.46. The van der Waals surface area contributed by atoms with Crippen molar-refractivity contribution in [2.45, 2.75) is 38.6 Å². The Morgan fingerprint density at radius 1 is 1.29 bits per heavy atom. The van der Waals surface area contributed by atoms with E-state index in [2.05, 4.69) is 10.3 Å². The Bertz CT molecular complexity index is 599. The molecule has 0 saturated carbocycles. The molecule has 0 spiro atoms. The molecule has 0 aliphatic heterocycles. The van der Waals surface area contributed by atoms with Crippen LogP contribution in [0.25, 0.3) is 0 Å². The van der Waals surface area contributed by atoms with Crippen molar-refractivity contribution in [2.75, 3.05) is 6.61 Å². The second-order valence-corrected chi connectivity index (χ2v) is 5.71. The van der Waals surface area contributed by atoms with Gasteiger partial charge in [-0.1, -0.05) is 6.07 Å². The fourth-order valence-corrected chi connectivity index (χ4v) is 1.45. The van der Waals surface area contributed by atoms with Crippen molar-refractivity contribution >= 4 is 12.1 Å². The zero-order valence-electron chi connectivity index (χ0n) is 13.2. The summed E-state index contributed by atoms with van der Waals surface area (Å²) in [5.41, 5.74) is -2.01. The fraction of sp³-hybridized carbons (Fsp3) is 0.500. The predicted molar refractivity (Wildman–Crippen MR) is 75.5 cm³/mol. The van der Waals surface area contributed by atoms with Crippen LogP contribution in [0, 0.1) is 0 Å². The van der Waals surface area contributed by atoms with Gasteiger partial charge in [0.1, 0.15) is 17.9 Å². The molecule has 10 heteroatoms. The summed E-state index contributed by atoms with van der Waals surface area (Å²) >= 11 is 0. The summed E-state index contributed by atoms with van der Waals surface area (Å²) in [5, 5.41) is 11.1. The van der Waals surface area contributed by atoms with E-state index in [4.69, 9.17) is 14.6 Å². The number of carboxylic acids is 1. The van der Waals surface area contributed by atoms with Crippen LogP contribution in [0.1, 0.15) is 26.5 Å². The number of pyridine rings is 1. The molecule has 2 N–H and O–H groups in total. The van der Waals surface area contributed by atoms with Crippen LogP contribution in [0.15, 0.2) is 18.2 Å². The maximum atomic E-state index is 12.5. The van der Waals surface area contributed by atoms with Crippen molar-refractivity contribution in [3.05, 3.63) is 23.9 Å². The van der Waals surface area contributed by atoms with Crippen molar-refractivity contribution in [1.82, 2.24) is 10.3 Å². The third-order valence-electron chi connectivity index (χ3n) is 2.40. The molecule has 0 unspecified atom stereocenters. The molecule has 7 nitrogen and oxygen atoms in total. The van der Waals surface area contributed by atoms with E-state index in [1.165, 1.54) is 0 Å². The van der Waals surface area contributed by atoms with E-state index in [1.54, 1.807) is 20.8 Å². The minimum absolute atomic E-state index is 0.415. The van der Waals surface area contributed by atoms with E-state index in [1.807, 2.05) is 0 Å². The van der Waals surface area contributed by atoms with Crippen molar-refractivity contribution in [2.24, 2.45) is 0 Å². The summed E-state index contributed by atoms with van der Waals surface area (Å²) in [4.78, 5) is 25.9. The van der Waals surface area contributed by atoms with Crippen LogP contribution in [0.3, 0.4) is 0 Å². The van der Waals surface area contributed by atoms with Crippen LogP contribution in [0.2, 0.25) is 0 Å². The summed E-state index contributed by atoms with van der Waals surface area (Å²) in [7, 11) is 0. The lowest BCUT2D eigenvalue weighted by Crippen LogP contribution is -2.46. The lowest BCUT2D eigenvalue weighted by molar-refractivity contribution is -0.142. The Hall–Kier alpha value is -2.52. The highest BCUT2D eigenvalue weighted by molar-refractivity contribution is 5.80. The second-order valence-electron chi connectivity index (χ2n) is 5.71. The van der Waals surface area contributed by atoms with Gasteiger partial charge in [-0.3, -0.25) is 0 Å². The minimum Gasteiger partial charge on any atom is -0.480 e. The van der Waals surface area contributed by atoms with Gasteiger partial charge in [0.15, 0.2) is 6.04 Å². The van der Waals surface area contributed by atoms with Gasteiger partial charge in [-0.05, 0) is 26.8 Å². The third-order valence-corrected chi connectivity index (χ3v) is 2.40. The summed E-state index contributed by atoms with van der Waals surface area (Å²) in [5.74, 6) is -1.85. The number of carbonyl (C=O) groups excluding carboxylic acids is 1. The van der Waals surface area contributed by atoms with E-state index in [0.29, 0.717) is 0 Å². The monoisotopic (exact) mass is 350 g/mol. The van der Waals surface area contributed by atoms with Gasteiger partial charge < -0.3 is 19.9 Å². The first-order chi connectivity index (χ1) is 10.9. The number of amides is 1. The number of halogens is 3. The second kappa shape index (κ2) is 7.37. The minimum atomic E-state index is -4.65. The topological polar surface area (TPSA) is 97.8 Å². The SMILES string of the molecule is CC(C)(C)OC(=O)N[C@H](COc1cccc(C(F)(F)F)n1)C(=O)O. The zero-order chi connectivity index (χ0) is 18.5. The molecule has 1 aromatic rings. The van der Waals surface area contributed by atoms with Gasteiger partial charge in [-0.15, -0.1) is 0 Å². The molecule has 134 valence electrons. The molecule has 0 aliphatic rings. The van der Waals surface area contributed by atoms with Crippen LogP contribution < -0.4 is 10.1 Å². The summed E-state index contributed by atoms with van der Waals surface area (Å²) in [6.07, 6.45) is -5.64. The van der Waals surface area contributed by atoms with Crippen LogP contribution in [-0.2, 0) is 15.7 Å². The first kappa shape index (κ1) is 19.5. The summed E-state index contributed by atoms with van der Waals surface area (Å²) < 4.78 is 47.5. The number of aliphatic carboxylic acids is 1. The zero-order valence-corrected chi connectivity index (χ0v) is 13.2. The molecule has 0 fully saturated rings. The van der Waals surface area contributed by atoms with Crippen molar-refractivity contribution in [3.63, 3.8) is 0 Å². The van der Waals surface area contributed by atoms with Gasteiger partial charge in [0, 0.05) is 6.07 Å². The number of alkyl halides is 3. The Morgan fingerprint density at radius 3 is 2.42 bits per heavy atom. The number of carboxylic acid groups (broad SMARTS) is 1. The van der Waals surface area contributed by atoms with Crippen molar-refractivity contribution < 1.29 is 37.3 Å². The normalized spacial score (nSPS) is 13.1. The Balaban J connectivity index is 2.71. The molecule has 1 amide bonds. The Kier molecular flexibility index (Phi) is 5.99. The van der Waals surface area contributed by atoms with E-state index >= 15 is 0 Å². The van der Waals surface area contributed by atoms with Gasteiger partial charge in [0.25, 0.3) is 0 Å². The maximum Gasteiger partial charge on any atom is 0.433 e. The molecule has 0 bridgehead atoms. The molecule has 1 rings (SSSR count). The maximum absolute atomic E-state index is 12.5. The van der Waals surface area contributed by atoms with E-state index < -0.39 is 48.1 Å². The molecule has 0 radical (unpaired) electrons. The van der Waals surface area contributed by atoms with Crippen molar-refractivity contribution in [3.8, 4) is 5.88 Å². The molecule has 24 heavy (non-hydrogen) atoms. The summed E-state index contributed by atoms with van der Waals surface area (Å²) in [6, 6.07) is 1.45. The average molecular weight is 350 g/mol. The molecular formula is C14H17F3N2O5. The number of hydrogen-bond donors (Lipinski definition) is 2. The van der Waals surface area contributed by atoms with E-state index in [0.717, 1.165) is 18.2 Å². The van der Waals surface area contributed by atoms with Crippen molar-refractivity contribution in [1.29, 1.82) is 0 Å². The molecule has 0 saturated heterocycles. The fourth-order valence-electron chi connectivity index (χ4n) is 1.45. The number of aromatic nitrogens is 1. The van der Waals surface area contributed by atoms with Gasteiger partial charge in [0.05, 0.1) is 0 Å². The average Bonchev–Trinajstić information content (AvgIpc) is 2.40. The molecule has 0 aliphatic carbocycles. The highest BCUT2D eigenvalue weighted by Gasteiger charge is 2.33. The van der Waals surface area contributed by atoms with Gasteiger partial charge in [-0.2, -0.15) is 13.2 Å². The van der Waals surface area contributed by atoms with Crippen LogP contribution in [0.5, 0.6) is 5.88 Å². The number of nitrogens with one attached hydrogen (secondary N) is 1. The number of rotatable bonds is 5. The van der Waals surface area contributed by atoms with E-state index in [-0.39, 0.29) is 0 Å².